The smallest absolute Gasteiger partial charge is 0.0178 e. The molecule has 2 aliphatic carbocycles. The van der Waals surface area contributed by atoms with Gasteiger partial charge in [-0.2, -0.15) is 0 Å². The van der Waals surface area contributed by atoms with Gasteiger partial charge >= 0.3 is 149 Å². The van der Waals surface area contributed by atoms with Crippen LogP contribution in [0.25, 0.3) is 22.0 Å². The van der Waals surface area contributed by atoms with E-state index in [-0.39, 0.29) is 9.52 Å². The summed E-state index contributed by atoms with van der Waals surface area (Å²) in [5, 5.41) is 0.959. The molecule has 29 heavy (non-hydrogen) atoms. The molecule has 1 aromatic heterocycles. The summed E-state index contributed by atoms with van der Waals surface area (Å²) >= 11 is -1.11. The maximum atomic E-state index is 12.8. The van der Waals surface area contributed by atoms with Gasteiger partial charge in [0.25, 0.3) is 0 Å². The van der Waals surface area contributed by atoms with Gasteiger partial charge in [-0.25, -0.2) is 0 Å². The Morgan fingerprint density at radius 2 is 1.62 bits per heavy atom. The zero-order chi connectivity index (χ0) is 21.4. The number of benzene rings is 2. The summed E-state index contributed by atoms with van der Waals surface area (Å²) in [7, 11) is 0. The van der Waals surface area contributed by atoms with E-state index in [1.807, 2.05) is 45.0 Å². The van der Waals surface area contributed by atoms with E-state index in [9.17, 15) is 4.79 Å². The van der Waals surface area contributed by atoms with E-state index < -0.39 is 26.7 Å². The molecule has 2 radical (unpaired) electrons. The minimum absolute atomic E-state index is 0.170. The predicted molar refractivity (Wildman–Crippen MR) is 122 cm³/mol. The average Bonchev–Trinajstić information content (AvgIpc) is 3.06. The Morgan fingerprint density at radius 1 is 1.00 bits per heavy atom. The normalized spacial score (nSPS) is 12.0. The van der Waals surface area contributed by atoms with Crippen LogP contribution in [-0.4, -0.2) is 37.4 Å². The number of carbonyl (C=O) groups excluding carboxylic acids is 1. The van der Waals surface area contributed by atoms with Crippen LogP contribution in [0.15, 0.2) is 48.5 Å². The van der Waals surface area contributed by atoms with Crippen molar-refractivity contribution in [1.29, 1.82) is 0 Å². The van der Waals surface area contributed by atoms with Crippen LogP contribution in [0.3, 0.4) is 0 Å². The number of carbonyl (C=O) groups is 1. The van der Waals surface area contributed by atoms with Crippen LogP contribution in [0.4, 0.5) is 4.79 Å². The Balaban J connectivity index is 0.000000334. The van der Waals surface area contributed by atoms with Crippen LogP contribution in [-0.2, 0) is 4.74 Å². The van der Waals surface area contributed by atoms with Crippen molar-refractivity contribution in [3.8, 4) is 23.5 Å². The van der Waals surface area contributed by atoms with E-state index in [1.165, 1.54) is 11.1 Å². The zero-order valence-corrected chi connectivity index (χ0v) is 20.8. The van der Waals surface area contributed by atoms with Gasteiger partial charge in [0.1, 0.15) is 0 Å². The third-order valence-corrected chi connectivity index (χ3v) is 8.37. The van der Waals surface area contributed by atoms with Gasteiger partial charge in [0.05, 0.1) is 0 Å². The summed E-state index contributed by atoms with van der Waals surface area (Å²) in [6, 6.07) is 16.3. The van der Waals surface area contributed by atoms with Crippen molar-refractivity contribution in [1.82, 2.24) is 4.57 Å². The molecular formula is C25H27NO2Sn. The van der Waals surface area contributed by atoms with Crippen molar-refractivity contribution >= 4 is 41.8 Å². The largest absolute Gasteiger partial charge is 0.0610 e. The van der Waals surface area contributed by atoms with Crippen molar-refractivity contribution in [2.45, 2.75) is 50.6 Å². The number of para-hydroxylation sites is 1. The second-order valence-electron chi connectivity index (χ2n) is 9.16. The SMILES string of the molecule is C#Cc1[c]([Sn][C](C)(C)C)n(C(=O)OC(C)(C)C)c2ccccc12.c1cc2cc-2c1. The number of aromatic nitrogens is 1. The molecule has 0 spiro atoms. The standard InChI is InChI=1S/C15H14NO2.C6H4.C4H9.Sn/c1-5-11-10-16(14(17)18-15(2,3)4)13-9-7-6-8-12(11)13;1-2-5-4-6(5)3-1;1-4(2)3;/h1,6-9H,2-4H3;1-4H;1-3H3;. The first-order valence-corrected chi connectivity index (χ1v) is 12.6. The Labute approximate surface area is 183 Å². The molecule has 0 saturated heterocycles. The molecule has 148 valence electrons. The van der Waals surface area contributed by atoms with E-state index in [0.717, 1.165) is 20.2 Å². The molecule has 0 aliphatic heterocycles. The summed E-state index contributed by atoms with van der Waals surface area (Å²) in [6.45, 7) is 12.2. The summed E-state index contributed by atoms with van der Waals surface area (Å²) in [5.74, 6) is 2.81. The van der Waals surface area contributed by atoms with Crippen LogP contribution in [0, 0.1) is 12.3 Å². The molecule has 2 aromatic rings. The van der Waals surface area contributed by atoms with Crippen LogP contribution in [0.1, 0.15) is 47.1 Å². The summed E-state index contributed by atoms with van der Waals surface area (Å²) in [6.07, 6.45) is 5.45. The Bertz CT molecular complexity index is 1090. The van der Waals surface area contributed by atoms with Gasteiger partial charge < -0.3 is 0 Å². The monoisotopic (exact) mass is 493 g/mol. The fourth-order valence-corrected chi connectivity index (χ4v) is 6.93. The minimum atomic E-state index is -1.11. The van der Waals surface area contributed by atoms with Gasteiger partial charge in [-0.1, -0.05) is 18.2 Å². The maximum Gasteiger partial charge on any atom is -0.0178 e. The molecule has 0 N–H and O–H groups in total. The zero-order valence-electron chi connectivity index (χ0n) is 18.0. The molecular weight excluding hydrogens is 465 g/mol. The van der Waals surface area contributed by atoms with Gasteiger partial charge in [-0.3, -0.25) is 0 Å². The maximum absolute atomic E-state index is 12.8. The van der Waals surface area contributed by atoms with Crippen LogP contribution in [0.2, 0.25) is 3.43 Å². The second-order valence-corrected chi connectivity index (χ2v) is 15.5. The molecule has 3 nitrogen and oxygen atoms in total. The average molecular weight is 492 g/mol. The summed E-state index contributed by atoms with van der Waals surface area (Å²) in [4.78, 5) is 12.8. The Kier molecular flexibility index (Phi) is 5.87. The van der Waals surface area contributed by atoms with E-state index in [1.54, 1.807) is 4.57 Å². The first kappa shape index (κ1) is 21.5. The molecule has 1 aromatic carbocycles. The molecule has 0 fully saturated rings. The van der Waals surface area contributed by atoms with E-state index >= 15 is 0 Å². The van der Waals surface area contributed by atoms with Gasteiger partial charge in [-0.15, -0.1) is 0 Å². The van der Waals surface area contributed by atoms with Crippen molar-refractivity contribution in [2.24, 2.45) is 0 Å². The molecule has 4 rings (SSSR count). The van der Waals surface area contributed by atoms with Crippen molar-refractivity contribution in [2.75, 3.05) is 0 Å². The van der Waals surface area contributed by atoms with Gasteiger partial charge in [0.15, 0.2) is 0 Å². The molecule has 2 aliphatic rings. The van der Waals surface area contributed by atoms with E-state index in [2.05, 4.69) is 51.0 Å². The summed E-state index contributed by atoms with van der Waals surface area (Å²) < 4.78 is 8.53. The van der Waals surface area contributed by atoms with E-state index in [4.69, 9.17) is 11.2 Å². The van der Waals surface area contributed by atoms with Gasteiger partial charge in [-0.05, 0) is 17.2 Å². The molecule has 4 heteroatoms. The minimum Gasteiger partial charge on any atom is -0.0610 e. The third-order valence-electron chi connectivity index (χ3n) is 4.20. The van der Waals surface area contributed by atoms with Crippen LogP contribution < -0.4 is 3.71 Å². The van der Waals surface area contributed by atoms with Crippen LogP contribution >= 0.6 is 0 Å². The first-order valence-electron chi connectivity index (χ1n) is 9.72. The van der Waals surface area contributed by atoms with Crippen molar-refractivity contribution < 1.29 is 9.53 Å². The molecule has 0 saturated carbocycles. The molecule has 0 bridgehead atoms. The van der Waals surface area contributed by atoms with Crippen LogP contribution in [0.5, 0.6) is 0 Å². The molecule has 0 amide bonds. The number of fused-ring (bicyclic) bond motifs is 2. The number of rotatable bonds is 1. The number of hydrogen-bond donors (Lipinski definition) is 0. The predicted octanol–water partition coefficient (Wildman–Crippen LogP) is 5.62. The Morgan fingerprint density at radius 3 is 2.07 bits per heavy atom. The summed E-state index contributed by atoms with van der Waals surface area (Å²) in [5.41, 5.74) is 4.01. The topological polar surface area (TPSA) is 31.2 Å². The third kappa shape index (κ3) is 5.25. The fraction of sp³-hybridized carbons (Fsp3) is 0.320. The number of hydrogen-bond acceptors (Lipinski definition) is 2. The van der Waals surface area contributed by atoms with Crippen molar-refractivity contribution in [3.05, 3.63) is 54.1 Å². The van der Waals surface area contributed by atoms with E-state index in [0.29, 0.717) is 0 Å². The number of ether oxygens (including phenoxy) is 1. The number of nitrogens with zero attached hydrogens (tertiary/aromatic N) is 1. The Hall–Kier alpha value is -2.19. The van der Waals surface area contributed by atoms with Gasteiger partial charge in [0, 0.05) is 0 Å². The molecule has 1 heterocycles. The molecule has 0 atom stereocenters. The molecule has 0 unspecified atom stereocenters. The second kappa shape index (κ2) is 7.91. The fourth-order valence-electron chi connectivity index (χ4n) is 3.03. The first-order chi connectivity index (χ1) is 13.5. The van der Waals surface area contributed by atoms with Gasteiger partial charge in [0.2, 0.25) is 0 Å². The quantitative estimate of drug-likeness (QED) is 0.255. The number of terminal acetylenes is 1. The van der Waals surface area contributed by atoms with Crippen molar-refractivity contribution in [3.63, 3.8) is 0 Å².